The molecule has 2 aromatic rings. The number of aryl methyl sites for hydroxylation is 1. The number of imidazole rings is 1. The van der Waals surface area contributed by atoms with Gasteiger partial charge < -0.3 is 5.73 Å². The van der Waals surface area contributed by atoms with Crippen molar-refractivity contribution in [2.45, 2.75) is 6.55 Å². The predicted molar refractivity (Wildman–Crippen MR) is 50.6 cm³/mol. The number of anilines is 1. The molecular weight excluding hydrogens is 206 g/mol. The molecule has 0 spiro atoms. The predicted octanol–water partition coefficient (Wildman–Crippen LogP) is 0.712. The van der Waals surface area contributed by atoms with Gasteiger partial charge in [0, 0.05) is 7.05 Å². The number of pyridine rings is 1. The first-order chi connectivity index (χ1) is 7.02. The number of hydrogen-bond donors (Lipinski definition) is 1. The summed E-state index contributed by atoms with van der Waals surface area (Å²) in [6, 6.07) is 1.30. The van der Waals surface area contributed by atoms with Crippen molar-refractivity contribution in [3.05, 3.63) is 22.7 Å². The Balaban J connectivity index is 2.95. The summed E-state index contributed by atoms with van der Waals surface area (Å²) in [6.45, 7) is -2.90. The Hall–Kier alpha value is -1.92. The maximum absolute atomic E-state index is 12.6. The Morgan fingerprint density at radius 2 is 2.20 bits per heavy atom. The fourth-order valence-corrected chi connectivity index (χ4v) is 1.44. The molecule has 0 radical (unpaired) electrons. The molecule has 80 valence electrons. The van der Waals surface area contributed by atoms with Gasteiger partial charge in [-0.2, -0.15) is 8.78 Å². The molecular formula is C8H8F2N4O. The second kappa shape index (κ2) is 3.04. The average Bonchev–Trinajstić information content (AvgIpc) is 2.39. The zero-order valence-corrected chi connectivity index (χ0v) is 7.82. The molecule has 0 saturated heterocycles. The summed E-state index contributed by atoms with van der Waals surface area (Å²) in [7, 11) is 1.38. The van der Waals surface area contributed by atoms with E-state index in [1.54, 1.807) is 0 Å². The van der Waals surface area contributed by atoms with E-state index < -0.39 is 12.2 Å². The topological polar surface area (TPSA) is 65.8 Å². The van der Waals surface area contributed by atoms with Crippen molar-refractivity contribution in [3.63, 3.8) is 0 Å². The Morgan fingerprint density at radius 3 is 2.80 bits per heavy atom. The first-order valence-electron chi connectivity index (χ1n) is 4.13. The summed E-state index contributed by atoms with van der Waals surface area (Å²) in [5, 5.41) is 0. The first-order valence-corrected chi connectivity index (χ1v) is 4.13. The molecule has 0 saturated carbocycles. The molecule has 0 aliphatic heterocycles. The van der Waals surface area contributed by atoms with Gasteiger partial charge in [-0.25, -0.2) is 14.3 Å². The van der Waals surface area contributed by atoms with E-state index in [4.69, 9.17) is 5.73 Å². The number of fused-ring (bicyclic) bond motifs is 1. The maximum Gasteiger partial charge on any atom is 0.334 e. The van der Waals surface area contributed by atoms with E-state index in [2.05, 4.69) is 4.98 Å². The number of nitrogens with zero attached hydrogens (tertiary/aromatic N) is 3. The second-order valence-corrected chi connectivity index (χ2v) is 3.10. The van der Waals surface area contributed by atoms with Gasteiger partial charge in [-0.05, 0) is 6.07 Å². The minimum atomic E-state index is -2.90. The van der Waals surface area contributed by atoms with Crippen LogP contribution in [0.4, 0.5) is 14.5 Å². The fraction of sp³-hybridized carbons (Fsp3) is 0.250. The molecule has 0 aliphatic rings. The molecule has 0 aromatic carbocycles. The third kappa shape index (κ3) is 1.27. The van der Waals surface area contributed by atoms with Crippen LogP contribution >= 0.6 is 0 Å². The van der Waals surface area contributed by atoms with Crippen molar-refractivity contribution in [2.75, 3.05) is 5.73 Å². The quantitative estimate of drug-likeness (QED) is 0.760. The lowest BCUT2D eigenvalue weighted by molar-refractivity contribution is 0.0705. The summed E-state index contributed by atoms with van der Waals surface area (Å²) in [5.74, 6) is 0. The Bertz CT molecular complexity index is 572. The molecule has 0 atom stereocenters. The lowest BCUT2D eigenvalue weighted by Gasteiger charge is -1.99. The van der Waals surface area contributed by atoms with Gasteiger partial charge in [-0.3, -0.25) is 4.57 Å². The van der Waals surface area contributed by atoms with Crippen molar-refractivity contribution >= 4 is 16.9 Å². The van der Waals surface area contributed by atoms with Crippen LogP contribution in [0.25, 0.3) is 11.2 Å². The first kappa shape index (κ1) is 9.63. The van der Waals surface area contributed by atoms with Crippen molar-refractivity contribution in [1.29, 1.82) is 0 Å². The number of alkyl halides is 2. The standard InChI is InChI=1S/C8H8F2N4O/c1-13-6-5(2-4(11)3-12-6)14(7(9)10)8(13)15/h2-3,7H,11H2,1H3. The molecule has 0 bridgehead atoms. The maximum atomic E-state index is 12.6. The van der Waals surface area contributed by atoms with Crippen LogP contribution in [0.2, 0.25) is 0 Å². The molecule has 0 fully saturated rings. The number of halogens is 2. The Morgan fingerprint density at radius 1 is 1.53 bits per heavy atom. The largest absolute Gasteiger partial charge is 0.397 e. The fourth-order valence-electron chi connectivity index (χ4n) is 1.44. The van der Waals surface area contributed by atoms with Crippen LogP contribution in [0, 0.1) is 0 Å². The second-order valence-electron chi connectivity index (χ2n) is 3.10. The van der Waals surface area contributed by atoms with Crippen LogP contribution in [0.1, 0.15) is 6.55 Å². The smallest absolute Gasteiger partial charge is 0.334 e. The van der Waals surface area contributed by atoms with Gasteiger partial charge in [0.2, 0.25) is 0 Å². The van der Waals surface area contributed by atoms with Crippen molar-refractivity contribution in [2.24, 2.45) is 7.05 Å². The number of hydrogen-bond acceptors (Lipinski definition) is 3. The van der Waals surface area contributed by atoms with Crippen LogP contribution < -0.4 is 11.4 Å². The number of aromatic nitrogens is 3. The van der Waals surface area contributed by atoms with Crippen LogP contribution in [0.15, 0.2) is 17.1 Å². The van der Waals surface area contributed by atoms with E-state index in [1.807, 2.05) is 0 Å². The van der Waals surface area contributed by atoms with E-state index >= 15 is 0 Å². The minimum Gasteiger partial charge on any atom is -0.397 e. The number of nitrogens with two attached hydrogens (primary N) is 1. The van der Waals surface area contributed by atoms with Gasteiger partial charge in [0.05, 0.1) is 17.4 Å². The molecule has 15 heavy (non-hydrogen) atoms. The highest BCUT2D eigenvalue weighted by molar-refractivity contribution is 5.75. The zero-order chi connectivity index (χ0) is 11.2. The normalized spacial score (nSPS) is 11.5. The highest BCUT2D eigenvalue weighted by Crippen LogP contribution is 2.18. The summed E-state index contributed by atoms with van der Waals surface area (Å²) in [5.41, 5.74) is 5.08. The molecule has 2 aromatic heterocycles. The molecule has 7 heteroatoms. The average molecular weight is 214 g/mol. The summed E-state index contributed by atoms with van der Waals surface area (Å²) in [6.07, 6.45) is 1.32. The van der Waals surface area contributed by atoms with E-state index in [1.165, 1.54) is 19.3 Å². The summed E-state index contributed by atoms with van der Waals surface area (Å²) >= 11 is 0. The Labute approximate surface area is 82.7 Å². The molecule has 0 unspecified atom stereocenters. The zero-order valence-electron chi connectivity index (χ0n) is 7.82. The van der Waals surface area contributed by atoms with Crippen molar-refractivity contribution in [1.82, 2.24) is 14.1 Å². The highest BCUT2D eigenvalue weighted by Gasteiger charge is 2.18. The van der Waals surface area contributed by atoms with E-state index in [0.29, 0.717) is 4.57 Å². The van der Waals surface area contributed by atoms with Gasteiger partial charge >= 0.3 is 12.2 Å². The molecule has 2 rings (SSSR count). The number of rotatable bonds is 1. The van der Waals surface area contributed by atoms with E-state index in [-0.39, 0.29) is 16.9 Å². The SMILES string of the molecule is Cn1c(=O)n(C(F)F)c2cc(N)cnc21. The van der Waals surface area contributed by atoms with Crippen LogP contribution in [-0.2, 0) is 7.05 Å². The minimum absolute atomic E-state index is 0.0394. The molecule has 5 nitrogen and oxygen atoms in total. The summed E-state index contributed by atoms with van der Waals surface area (Å²) < 4.78 is 26.6. The lowest BCUT2D eigenvalue weighted by atomic mass is 10.4. The van der Waals surface area contributed by atoms with Gasteiger partial charge in [0.25, 0.3) is 0 Å². The Kier molecular flexibility index (Phi) is 1.95. The third-order valence-corrected chi connectivity index (χ3v) is 2.13. The third-order valence-electron chi connectivity index (χ3n) is 2.13. The molecule has 2 heterocycles. The monoisotopic (exact) mass is 214 g/mol. The highest BCUT2D eigenvalue weighted by atomic mass is 19.3. The van der Waals surface area contributed by atoms with Gasteiger partial charge in [-0.1, -0.05) is 0 Å². The molecule has 0 aliphatic carbocycles. The van der Waals surface area contributed by atoms with Crippen LogP contribution in [0.3, 0.4) is 0 Å². The lowest BCUT2D eigenvalue weighted by Crippen LogP contribution is -2.22. The van der Waals surface area contributed by atoms with E-state index in [0.717, 1.165) is 4.57 Å². The van der Waals surface area contributed by atoms with Gasteiger partial charge in [0.15, 0.2) is 5.65 Å². The van der Waals surface area contributed by atoms with Gasteiger partial charge in [-0.15, -0.1) is 0 Å². The summed E-state index contributed by atoms with van der Waals surface area (Å²) in [4.78, 5) is 15.2. The van der Waals surface area contributed by atoms with Crippen molar-refractivity contribution in [3.8, 4) is 0 Å². The van der Waals surface area contributed by atoms with Gasteiger partial charge in [0.1, 0.15) is 0 Å². The van der Waals surface area contributed by atoms with Crippen LogP contribution in [0.5, 0.6) is 0 Å². The van der Waals surface area contributed by atoms with Crippen LogP contribution in [-0.4, -0.2) is 14.1 Å². The number of nitrogen functional groups attached to an aromatic ring is 1. The molecule has 2 N–H and O–H groups in total. The molecule has 0 amide bonds. The van der Waals surface area contributed by atoms with E-state index in [9.17, 15) is 13.6 Å². The van der Waals surface area contributed by atoms with Crippen molar-refractivity contribution < 1.29 is 8.78 Å².